The van der Waals surface area contributed by atoms with Gasteiger partial charge < -0.3 is 0 Å². The molecular weight excluding hydrogens is 508 g/mol. The highest BCUT2D eigenvalue weighted by atomic mass is 35.5. The van der Waals surface area contributed by atoms with Crippen LogP contribution in [0.25, 0.3) is 0 Å². The SMILES string of the molecule is Cc1cc(F)ccc1S(=O)(=O)NCC1=NN(c2ccc(Cl)cc2Cl)C(c2ccc(Cl)cc2)C1. The molecule has 3 aromatic carbocycles. The lowest BCUT2D eigenvalue weighted by molar-refractivity contribution is 0.584. The Morgan fingerprint density at radius 2 is 1.73 bits per heavy atom. The molecule has 4 rings (SSSR count). The summed E-state index contributed by atoms with van der Waals surface area (Å²) >= 11 is 18.5. The molecule has 3 aromatic rings. The summed E-state index contributed by atoms with van der Waals surface area (Å²) in [5.41, 5.74) is 2.53. The Morgan fingerprint density at radius 3 is 2.39 bits per heavy atom. The lowest BCUT2D eigenvalue weighted by atomic mass is 10.0. The first-order valence-corrected chi connectivity index (χ1v) is 12.6. The van der Waals surface area contributed by atoms with E-state index in [0.29, 0.717) is 38.5 Å². The average Bonchev–Trinajstić information content (AvgIpc) is 3.16. The number of sulfonamides is 1. The fourth-order valence-corrected chi connectivity index (χ4v) is 5.55. The summed E-state index contributed by atoms with van der Waals surface area (Å²) in [5, 5.41) is 7.95. The number of aryl methyl sites for hydroxylation is 1. The fraction of sp³-hybridized carbons (Fsp3) is 0.174. The lowest BCUT2D eigenvalue weighted by Crippen LogP contribution is -2.29. The van der Waals surface area contributed by atoms with Crippen LogP contribution in [0, 0.1) is 12.7 Å². The van der Waals surface area contributed by atoms with Crippen molar-refractivity contribution in [2.45, 2.75) is 24.3 Å². The highest BCUT2D eigenvalue weighted by Crippen LogP contribution is 2.39. The zero-order valence-electron chi connectivity index (χ0n) is 17.4. The fourth-order valence-electron chi connectivity index (χ4n) is 3.68. The molecule has 172 valence electrons. The Morgan fingerprint density at radius 1 is 1.03 bits per heavy atom. The number of hydrogen-bond acceptors (Lipinski definition) is 4. The molecule has 0 saturated heterocycles. The van der Waals surface area contributed by atoms with Crippen LogP contribution in [-0.2, 0) is 10.0 Å². The molecule has 0 saturated carbocycles. The Hall–Kier alpha value is -2.16. The first-order valence-electron chi connectivity index (χ1n) is 9.96. The summed E-state index contributed by atoms with van der Waals surface area (Å²) in [6.45, 7) is 1.54. The third kappa shape index (κ3) is 5.34. The van der Waals surface area contributed by atoms with Gasteiger partial charge in [-0.1, -0.05) is 46.9 Å². The summed E-state index contributed by atoms with van der Waals surface area (Å²) < 4.78 is 41.6. The van der Waals surface area contributed by atoms with Gasteiger partial charge in [-0.15, -0.1) is 0 Å². The summed E-state index contributed by atoms with van der Waals surface area (Å²) in [6.07, 6.45) is 0.464. The van der Waals surface area contributed by atoms with Gasteiger partial charge in [-0.2, -0.15) is 5.10 Å². The molecule has 0 radical (unpaired) electrons. The van der Waals surface area contributed by atoms with Gasteiger partial charge in [-0.25, -0.2) is 17.5 Å². The largest absolute Gasteiger partial charge is 0.256 e. The molecular formula is C23H19Cl3FN3O2S. The van der Waals surface area contributed by atoms with Crippen LogP contribution in [0.4, 0.5) is 10.1 Å². The Bertz CT molecular complexity index is 1330. The van der Waals surface area contributed by atoms with E-state index in [1.165, 1.54) is 12.1 Å². The van der Waals surface area contributed by atoms with Crippen LogP contribution in [0.2, 0.25) is 15.1 Å². The van der Waals surface area contributed by atoms with E-state index in [1.807, 2.05) is 12.1 Å². The first kappa shape index (κ1) is 24.0. The molecule has 33 heavy (non-hydrogen) atoms. The standard InChI is InChI=1S/C23H19Cl3FN3O2S/c1-14-10-18(27)7-9-23(14)33(31,32)28-13-19-12-22(15-2-4-16(24)5-3-15)30(29-19)21-8-6-17(25)11-20(21)26/h2-11,22,28H,12-13H2,1H3. The molecule has 1 aliphatic heterocycles. The molecule has 10 heteroatoms. The van der Waals surface area contributed by atoms with Gasteiger partial charge in [0, 0.05) is 16.5 Å². The second kappa shape index (κ2) is 9.60. The Labute approximate surface area is 206 Å². The Balaban J connectivity index is 1.62. The van der Waals surface area contributed by atoms with E-state index >= 15 is 0 Å². The van der Waals surface area contributed by atoms with Crippen LogP contribution in [0.1, 0.15) is 23.6 Å². The monoisotopic (exact) mass is 525 g/mol. The second-order valence-corrected chi connectivity index (χ2v) is 10.6. The van der Waals surface area contributed by atoms with Crippen molar-refractivity contribution in [3.05, 3.63) is 92.7 Å². The van der Waals surface area contributed by atoms with E-state index in [2.05, 4.69) is 9.82 Å². The summed E-state index contributed by atoms with van der Waals surface area (Å²) in [4.78, 5) is 0.0225. The molecule has 0 amide bonds. The average molecular weight is 527 g/mol. The number of benzene rings is 3. The minimum atomic E-state index is -3.86. The van der Waals surface area contributed by atoms with Crippen molar-refractivity contribution < 1.29 is 12.8 Å². The smallest absolute Gasteiger partial charge is 0.241 e. The highest BCUT2D eigenvalue weighted by molar-refractivity contribution is 7.89. The third-order valence-corrected chi connectivity index (χ3v) is 7.63. The maximum absolute atomic E-state index is 13.4. The van der Waals surface area contributed by atoms with Gasteiger partial charge in [0.1, 0.15) is 5.82 Å². The number of anilines is 1. The molecule has 1 N–H and O–H groups in total. The van der Waals surface area contributed by atoms with Crippen LogP contribution in [0.3, 0.4) is 0 Å². The predicted molar refractivity (Wildman–Crippen MR) is 132 cm³/mol. The molecule has 0 spiro atoms. The third-order valence-electron chi connectivity index (χ3n) is 5.28. The zero-order valence-corrected chi connectivity index (χ0v) is 20.5. The van der Waals surface area contributed by atoms with Crippen molar-refractivity contribution in [1.29, 1.82) is 0 Å². The predicted octanol–water partition coefficient (Wildman–Crippen LogP) is 6.38. The van der Waals surface area contributed by atoms with E-state index in [1.54, 1.807) is 42.3 Å². The maximum Gasteiger partial charge on any atom is 0.241 e. The van der Waals surface area contributed by atoms with Crippen molar-refractivity contribution in [2.24, 2.45) is 5.10 Å². The van der Waals surface area contributed by atoms with Gasteiger partial charge in [0.25, 0.3) is 0 Å². The van der Waals surface area contributed by atoms with Crippen molar-refractivity contribution in [3.63, 3.8) is 0 Å². The minimum absolute atomic E-state index is 0.00898. The molecule has 0 aromatic heterocycles. The number of nitrogens with one attached hydrogen (secondary N) is 1. The van der Waals surface area contributed by atoms with Gasteiger partial charge in [-0.05, 0) is 66.6 Å². The quantitative estimate of drug-likeness (QED) is 0.405. The zero-order chi connectivity index (χ0) is 23.8. The van der Waals surface area contributed by atoms with Crippen LogP contribution < -0.4 is 9.73 Å². The molecule has 0 aliphatic carbocycles. The van der Waals surface area contributed by atoms with Crippen LogP contribution in [-0.4, -0.2) is 20.7 Å². The molecule has 1 heterocycles. The lowest BCUT2D eigenvalue weighted by Gasteiger charge is -2.25. The Kier molecular flexibility index (Phi) is 6.98. The van der Waals surface area contributed by atoms with Crippen molar-refractivity contribution in [3.8, 4) is 0 Å². The van der Waals surface area contributed by atoms with Crippen LogP contribution in [0.15, 0.2) is 70.7 Å². The van der Waals surface area contributed by atoms with Gasteiger partial charge in [0.05, 0.1) is 33.9 Å². The number of hydrazone groups is 1. The van der Waals surface area contributed by atoms with Gasteiger partial charge in [-0.3, -0.25) is 5.01 Å². The van der Waals surface area contributed by atoms with E-state index in [4.69, 9.17) is 34.8 Å². The van der Waals surface area contributed by atoms with Crippen molar-refractivity contribution in [2.75, 3.05) is 11.6 Å². The minimum Gasteiger partial charge on any atom is -0.256 e. The molecule has 0 fully saturated rings. The van der Waals surface area contributed by atoms with Gasteiger partial charge in [0.15, 0.2) is 0 Å². The summed E-state index contributed by atoms with van der Waals surface area (Å²) in [5.74, 6) is -0.493. The molecule has 1 atom stereocenters. The second-order valence-electron chi connectivity index (χ2n) is 7.61. The van der Waals surface area contributed by atoms with E-state index in [0.717, 1.165) is 11.6 Å². The van der Waals surface area contributed by atoms with Gasteiger partial charge >= 0.3 is 0 Å². The molecule has 0 bridgehead atoms. The van der Waals surface area contributed by atoms with E-state index < -0.39 is 15.8 Å². The molecule has 1 unspecified atom stereocenters. The normalized spacial score (nSPS) is 16.2. The van der Waals surface area contributed by atoms with E-state index in [-0.39, 0.29) is 17.5 Å². The van der Waals surface area contributed by atoms with Gasteiger partial charge in [0.2, 0.25) is 10.0 Å². The number of rotatable bonds is 6. The maximum atomic E-state index is 13.4. The molecule has 1 aliphatic rings. The summed E-state index contributed by atoms with van der Waals surface area (Å²) in [6, 6.07) is 15.8. The number of halogens is 4. The van der Waals surface area contributed by atoms with E-state index in [9.17, 15) is 12.8 Å². The number of nitrogens with zero attached hydrogens (tertiary/aromatic N) is 2. The highest BCUT2D eigenvalue weighted by Gasteiger charge is 2.31. The number of hydrogen-bond donors (Lipinski definition) is 1. The molecule has 5 nitrogen and oxygen atoms in total. The van der Waals surface area contributed by atoms with Crippen molar-refractivity contribution in [1.82, 2.24) is 4.72 Å². The summed E-state index contributed by atoms with van der Waals surface area (Å²) in [7, 11) is -3.86. The topological polar surface area (TPSA) is 61.8 Å². The van der Waals surface area contributed by atoms with Crippen molar-refractivity contribution >= 4 is 56.2 Å². The van der Waals surface area contributed by atoms with Crippen LogP contribution >= 0.6 is 34.8 Å². The van der Waals surface area contributed by atoms with Crippen LogP contribution in [0.5, 0.6) is 0 Å². The first-order chi connectivity index (χ1) is 15.6.